The SMILES string of the molecule is C#Cc1cccc(C2(NC[C@H](O)[C@H](Cc3cc(F)cc(F)c3)NC(=O)c3cc(N4CCOCC4)nc(Cl)n3)CC2)c1. The van der Waals surface area contributed by atoms with E-state index < -0.39 is 29.7 Å². The highest BCUT2D eigenvalue weighted by atomic mass is 35.5. The molecule has 1 saturated heterocycles. The maximum absolute atomic E-state index is 14.0. The first-order valence-corrected chi connectivity index (χ1v) is 13.8. The van der Waals surface area contributed by atoms with Gasteiger partial charge in [-0.25, -0.2) is 18.7 Å². The van der Waals surface area contributed by atoms with Gasteiger partial charge in [0.05, 0.1) is 25.4 Å². The number of aliphatic hydroxyl groups excluding tert-OH is 1. The molecule has 11 heteroatoms. The third-order valence-corrected chi connectivity index (χ3v) is 7.56. The number of hydrogen-bond donors (Lipinski definition) is 3. The summed E-state index contributed by atoms with van der Waals surface area (Å²) in [6.45, 7) is 2.30. The number of morpholine rings is 1. The van der Waals surface area contributed by atoms with Crippen molar-refractivity contribution < 1.29 is 23.4 Å². The van der Waals surface area contributed by atoms with Gasteiger partial charge in [-0.3, -0.25) is 4.79 Å². The molecule has 1 aliphatic heterocycles. The molecule has 3 aromatic rings. The first kappa shape index (κ1) is 28.9. The van der Waals surface area contributed by atoms with Gasteiger partial charge in [-0.1, -0.05) is 18.1 Å². The molecule has 1 saturated carbocycles. The van der Waals surface area contributed by atoms with Crippen molar-refractivity contribution in [3.63, 3.8) is 0 Å². The molecule has 0 bridgehead atoms. The number of hydrogen-bond acceptors (Lipinski definition) is 7. The van der Waals surface area contributed by atoms with Crippen LogP contribution < -0.4 is 15.5 Å². The second-order valence-electron chi connectivity index (χ2n) is 10.3. The maximum Gasteiger partial charge on any atom is 0.270 e. The van der Waals surface area contributed by atoms with Crippen LogP contribution in [0.15, 0.2) is 48.5 Å². The van der Waals surface area contributed by atoms with Crippen LogP contribution in [-0.2, 0) is 16.7 Å². The standard InChI is InChI=1S/C30H30ClF2N5O3/c1-2-19-4-3-5-21(12-19)30(6-7-30)34-18-26(39)24(15-20-13-22(32)16-23(33)14-20)35-28(40)25-17-27(37-29(31)36-25)38-8-10-41-11-9-38/h1,3-5,12-14,16-17,24,26,34,39H,6-11,15,18H2,(H,35,40)/t24-,26-/m0/s1. The number of amides is 1. The van der Waals surface area contributed by atoms with E-state index in [1.54, 1.807) is 0 Å². The van der Waals surface area contributed by atoms with Gasteiger partial charge in [-0.05, 0) is 66.3 Å². The zero-order valence-corrected chi connectivity index (χ0v) is 23.0. The van der Waals surface area contributed by atoms with Gasteiger partial charge in [-0.2, -0.15) is 0 Å². The average molecular weight is 582 g/mol. The Morgan fingerprint density at radius 1 is 1.15 bits per heavy atom. The maximum atomic E-state index is 14.0. The molecule has 0 spiro atoms. The van der Waals surface area contributed by atoms with E-state index in [1.807, 2.05) is 29.2 Å². The summed E-state index contributed by atoms with van der Waals surface area (Å²) in [7, 11) is 0. The summed E-state index contributed by atoms with van der Waals surface area (Å²) < 4.78 is 33.3. The molecule has 1 amide bonds. The van der Waals surface area contributed by atoms with Crippen molar-refractivity contribution >= 4 is 23.3 Å². The molecule has 0 radical (unpaired) electrons. The third-order valence-electron chi connectivity index (χ3n) is 7.39. The van der Waals surface area contributed by atoms with Crippen molar-refractivity contribution in [1.82, 2.24) is 20.6 Å². The van der Waals surface area contributed by atoms with E-state index in [0.717, 1.165) is 30.0 Å². The number of halogens is 3. The molecule has 8 nitrogen and oxygen atoms in total. The Bertz CT molecular complexity index is 1440. The monoisotopic (exact) mass is 581 g/mol. The lowest BCUT2D eigenvalue weighted by Crippen LogP contribution is -2.50. The van der Waals surface area contributed by atoms with Crippen LogP contribution in [0, 0.1) is 24.0 Å². The lowest BCUT2D eigenvalue weighted by atomic mass is 9.98. The Morgan fingerprint density at radius 3 is 2.56 bits per heavy atom. The van der Waals surface area contributed by atoms with Crippen LogP contribution in [0.4, 0.5) is 14.6 Å². The van der Waals surface area contributed by atoms with Gasteiger partial charge in [-0.15, -0.1) is 6.42 Å². The predicted octanol–water partition coefficient (Wildman–Crippen LogP) is 3.21. The highest BCUT2D eigenvalue weighted by molar-refractivity contribution is 6.28. The number of rotatable bonds is 10. The minimum atomic E-state index is -1.12. The fourth-order valence-corrected chi connectivity index (χ4v) is 5.20. The molecule has 0 unspecified atom stereocenters. The van der Waals surface area contributed by atoms with E-state index in [0.29, 0.717) is 32.1 Å². The number of nitrogens with one attached hydrogen (secondary N) is 2. The van der Waals surface area contributed by atoms with Crippen molar-refractivity contribution in [2.24, 2.45) is 0 Å². The van der Waals surface area contributed by atoms with Crippen LogP contribution in [0.25, 0.3) is 0 Å². The fourth-order valence-electron chi connectivity index (χ4n) is 5.03. The van der Waals surface area contributed by atoms with Gasteiger partial charge >= 0.3 is 0 Å². The van der Waals surface area contributed by atoms with Gasteiger partial charge in [0.15, 0.2) is 0 Å². The summed E-state index contributed by atoms with van der Waals surface area (Å²) >= 11 is 6.15. The molecule has 1 aromatic heterocycles. The van der Waals surface area contributed by atoms with Crippen LogP contribution in [0.3, 0.4) is 0 Å². The van der Waals surface area contributed by atoms with E-state index in [-0.39, 0.29) is 35.0 Å². The van der Waals surface area contributed by atoms with Crippen LogP contribution in [0.1, 0.15) is 40.0 Å². The number of aliphatic hydroxyl groups is 1. The normalized spacial score (nSPS) is 17.4. The Hall–Kier alpha value is -3.62. The number of benzene rings is 2. The molecule has 1 aliphatic carbocycles. The minimum Gasteiger partial charge on any atom is -0.390 e. The summed E-state index contributed by atoms with van der Waals surface area (Å²) in [5, 5.41) is 17.4. The van der Waals surface area contributed by atoms with E-state index in [4.69, 9.17) is 22.8 Å². The van der Waals surface area contributed by atoms with Crippen molar-refractivity contribution in [2.75, 3.05) is 37.7 Å². The number of carbonyl (C=O) groups is 1. The second kappa shape index (κ2) is 12.5. The van der Waals surface area contributed by atoms with Crippen LogP contribution >= 0.6 is 11.6 Å². The first-order chi connectivity index (χ1) is 19.7. The van der Waals surface area contributed by atoms with Crippen LogP contribution in [0.5, 0.6) is 0 Å². The molecule has 5 rings (SSSR count). The molecule has 2 heterocycles. The van der Waals surface area contributed by atoms with Crippen molar-refractivity contribution in [1.29, 1.82) is 0 Å². The summed E-state index contributed by atoms with van der Waals surface area (Å²) in [4.78, 5) is 23.6. The van der Waals surface area contributed by atoms with E-state index in [9.17, 15) is 18.7 Å². The Morgan fingerprint density at radius 2 is 1.88 bits per heavy atom. The summed E-state index contributed by atoms with van der Waals surface area (Å²) in [5.41, 5.74) is 1.71. The Balaban J connectivity index is 1.34. The zero-order chi connectivity index (χ0) is 29.0. The lowest BCUT2D eigenvalue weighted by molar-refractivity contribution is 0.0817. The van der Waals surface area contributed by atoms with Crippen LogP contribution in [0.2, 0.25) is 5.28 Å². The topological polar surface area (TPSA) is 99.6 Å². The van der Waals surface area contributed by atoms with E-state index in [2.05, 4.69) is 26.5 Å². The molecule has 3 N–H and O–H groups in total. The fraction of sp³-hybridized carbons (Fsp3) is 0.367. The first-order valence-electron chi connectivity index (χ1n) is 13.4. The Kier molecular flexibility index (Phi) is 8.80. The molecule has 214 valence electrons. The van der Waals surface area contributed by atoms with Crippen molar-refractivity contribution in [3.05, 3.63) is 87.8 Å². The molecular formula is C30H30ClF2N5O3. The molecule has 2 fully saturated rings. The number of ether oxygens (including phenoxy) is 1. The smallest absolute Gasteiger partial charge is 0.270 e. The molecule has 2 aliphatic rings. The van der Waals surface area contributed by atoms with Crippen molar-refractivity contribution in [2.45, 2.75) is 36.9 Å². The Labute approximate surface area is 242 Å². The summed E-state index contributed by atoms with van der Waals surface area (Å²) in [5.74, 6) is 1.02. The van der Waals surface area contributed by atoms with Crippen LogP contribution in [-0.4, -0.2) is 66.0 Å². The molecule has 2 atom stereocenters. The van der Waals surface area contributed by atoms with Gasteiger partial charge < -0.3 is 25.4 Å². The number of terminal acetylenes is 1. The summed E-state index contributed by atoms with van der Waals surface area (Å²) in [6.07, 6.45) is 6.12. The average Bonchev–Trinajstić information content (AvgIpc) is 3.76. The minimum absolute atomic E-state index is 0.00633. The number of nitrogens with zero attached hydrogens (tertiary/aromatic N) is 3. The van der Waals surface area contributed by atoms with E-state index in [1.165, 1.54) is 18.2 Å². The highest BCUT2D eigenvalue weighted by Gasteiger charge is 2.44. The van der Waals surface area contributed by atoms with Gasteiger partial charge in [0.25, 0.3) is 5.91 Å². The van der Waals surface area contributed by atoms with Gasteiger partial charge in [0.1, 0.15) is 23.1 Å². The largest absolute Gasteiger partial charge is 0.390 e. The van der Waals surface area contributed by atoms with Crippen molar-refractivity contribution in [3.8, 4) is 12.3 Å². The number of carbonyl (C=O) groups excluding carboxylic acids is 1. The van der Waals surface area contributed by atoms with E-state index >= 15 is 0 Å². The quantitative estimate of drug-likeness (QED) is 0.250. The van der Waals surface area contributed by atoms with Gasteiger partial charge in [0.2, 0.25) is 5.28 Å². The lowest BCUT2D eigenvalue weighted by Gasteiger charge is -2.28. The highest BCUT2D eigenvalue weighted by Crippen LogP contribution is 2.45. The third kappa shape index (κ3) is 7.18. The molecular weight excluding hydrogens is 552 g/mol. The zero-order valence-electron chi connectivity index (χ0n) is 22.2. The summed E-state index contributed by atoms with van der Waals surface area (Å²) in [6, 6.07) is 11.4. The van der Waals surface area contributed by atoms with Gasteiger partial charge in [0, 0.05) is 42.9 Å². The number of anilines is 1. The molecule has 2 aromatic carbocycles. The molecule has 41 heavy (non-hydrogen) atoms. The second-order valence-corrected chi connectivity index (χ2v) is 10.6. The predicted molar refractivity (Wildman–Crippen MR) is 151 cm³/mol. The number of aromatic nitrogens is 2.